The quantitative estimate of drug-likeness (QED) is 0.744. The van der Waals surface area contributed by atoms with Crippen molar-refractivity contribution in [2.75, 3.05) is 12.4 Å². The molecule has 1 N–H and O–H groups in total. The number of fused-ring (bicyclic) bond motifs is 1. The van der Waals surface area contributed by atoms with Crippen LogP contribution in [-0.2, 0) is 4.74 Å². The molecule has 122 valence electrons. The number of nitrogens with zero attached hydrogens (tertiary/aromatic N) is 2. The lowest BCUT2D eigenvalue weighted by molar-refractivity contribution is 0.0600. The second-order valence-electron chi connectivity index (χ2n) is 5.28. The Balaban J connectivity index is 1.90. The van der Waals surface area contributed by atoms with Gasteiger partial charge in [-0.25, -0.2) is 9.78 Å². The van der Waals surface area contributed by atoms with E-state index in [2.05, 4.69) is 20.2 Å². The first-order valence-corrected chi connectivity index (χ1v) is 7.23. The third-order valence-corrected chi connectivity index (χ3v) is 3.55. The molecule has 0 radical (unpaired) electrons. The second kappa shape index (κ2) is 6.11. The first-order valence-electron chi connectivity index (χ1n) is 7.23. The minimum Gasteiger partial charge on any atom is -0.465 e. The third kappa shape index (κ3) is 2.83. The van der Waals surface area contributed by atoms with Crippen LogP contribution >= 0.6 is 0 Å². The normalized spacial score (nSPS) is 10.6. The fraction of sp³-hybridized carbons (Fsp3) is 0.176. The molecular weight excluding hydrogens is 310 g/mol. The number of benzene rings is 1. The van der Waals surface area contributed by atoms with Gasteiger partial charge >= 0.3 is 5.97 Å². The molecule has 0 saturated carbocycles. The van der Waals surface area contributed by atoms with Gasteiger partial charge in [0.05, 0.1) is 29.3 Å². The number of methoxy groups -OCH3 is 1. The Morgan fingerprint density at radius 2 is 1.88 bits per heavy atom. The highest BCUT2D eigenvalue weighted by molar-refractivity contribution is 6.12. The van der Waals surface area contributed by atoms with Crippen LogP contribution in [0.1, 0.15) is 32.1 Å². The molecule has 24 heavy (non-hydrogen) atoms. The van der Waals surface area contributed by atoms with Crippen molar-refractivity contribution in [2.24, 2.45) is 0 Å². The van der Waals surface area contributed by atoms with Gasteiger partial charge in [0.25, 0.3) is 11.6 Å². The van der Waals surface area contributed by atoms with Gasteiger partial charge < -0.3 is 14.6 Å². The summed E-state index contributed by atoms with van der Waals surface area (Å²) in [6, 6.07) is 8.12. The number of carbonyl (C=O) groups is 2. The second-order valence-corrected chi connectivity index (χ2v) is 5.28. The Morgan fingerprint density at radius 1 is 1.17 bits per heavy atom. The van der Waals surface area contributed by atoms with E-state index in [0.717, 1.165) is 0 Å². The summed E-state index contributed by atoms with van der Waals surface area (Å²) in [7, 11) is 1.32. The number of rotatable bonds is 3. The first kappa shape index (κ1) is 15.7. The zero-order valence-electron chi connectivity index (χ0n) is 13.4. The van der Waals surface area contributed by atoms with Crippen LogP contribution < -0.4 is 5.32 Å². The van der Waals surface area contributed by atoms with Crippen molar-refractivity contribution in [3.05, 3.63) is 52.8 Å². The van der Waals surface area contributed by atoms with Crippen LogP contribution in [0.3, 0.4) is 0 Å². The maximum absolute atomic E-state index is 12.6. The van der Waals surface area contributed by atoms with E-state index >= 15 is 0 Å². The molecule has 7 heteroatoms. The number of carbonyl (C=O) groups excluding carboxylic acids is 2. The van der Waals surface area contributed by atoms with Crippen molar-refractivity contribution in [1.29, 1.82) is 0 Å². The summed E-state index contributed by atoms with van der Waals surface area (Å²) >= 11 is 0. The number of aromatic nitrogens is 2. The van der Waals surface area contributed by atoms with Crippen LogP contribution in [0, 0.1) is 13.8 Å². The molecule has 0 aliphatic heterocycles. The standard InChI is InChI=1S/C17H15N3O4/c1-9-8-13(14-10(2)20-24-16(14)18-9)15(21)19-12-6-4-11(5-7-12)17(22)23-3/h4-8H,1-3H3,(H,19,21). The molecule has 0 fully saturated rings. The van der Waals surface area contributed by atoms with E-state index in [4.69, 9.17) is 4.52 Å². The highest BCUT2D eigenvalue weighted by Gasteiger charge is 2.18. The molecular formula is C17H15N3O4. The Bertz CT molecular complexity index is 929. The van der Waals surface area contributed by atoms with Crippen LogP contribution in [0.2, 0.25) is 0 Å². The van der Waals surface area contributed by atoms with Crippen LogP contribution in [-0.4, -0.2) is 29.1 Å². The number of anilines is 1. The number of hydrogen-bond acceptors (Lipinski definition) is 6. The summed E-state index contributed by atoms with van der Waals surface area (Å²) in [5.41, 5.74) is 3.00. The minimum absolute atomic E-state index is 0.303. The number of hydrogen-bond donors (Lipinski definition) is 1. The summed E-state index contributed by atoms with van der Waals surface area (Å²) in [6.07, 6.45) is 0. The average molecular weight is 325 g/mol. The molecule has 3 rings (SSSR count). The molecule has 7 nitrogen and oxygen atoms in total. The summed E-state index contributed by atoms with van der Waals surface area (Å²) in [5, 5.41) is 7.24. The maximum atomic E-state index is 12.6. The Labute approximate surface area is 137 Å². The smallest absolute Gasteiger partial charge is 0.337 e. The number of nitrogens with one attached hydrogen (secondary N) is 1. The highest BCUT2D eigenvalue weighted by Crippen LogP contribution is 2.23. The monoisotopic (exact) mass is 325 g/mol. The number of aryl methyl sites for hydroxylation is 2. The molecule has 0 unspecified atom stereocenters. The zero-order valence-corrected chi connectivity index (χ0v) is 13.4. The lowest BCUT2D eigenvalue weighted by atomic mass is 10.1. The topological polar surface area (TPSA) is 94.3 Å². The Morgan fingerprint density at radius 3 is 2.54 bits per heavy atom. The lowest BCUT2D eigenvalue weighted by Crippen LogP contribution is -2.13. The largest absolute Gasteiger partial charge is 0.465 e. The maximum Gasteiger partial charge on any atom is 0.337 e. The summed E-state index contributed by atoms with van der Waals surface area (Å²) in [6.45, 7) is 3.53. The molecule has 2 heterocycles. The van der Waals surface area contributed by atoms with Crippen LogP contribution in [0.4, 0.5) is 5.69 Å². The SMILES string of the molecule is COC(=O)c1ccc(NC(=O)c2cc(C)nc3onc(C)c23)cc1. The minimum atomic E-state index is -0.431. The van der Waals surface area contributed by atoms with Gasteiger partial charge in [-0.15, -0.1) is 0 Å². The van der Waals surface area contributed by atoms with Crippen LogP contribution in [0.15, 0.2) is 34.9 Å². The van der Waals surface area contributed by atoms with Crippen molar-refractivity contribution >= 4 is 28.7 Å². The highest BCUT2D eigenvalue weighted by atomic mass is 16.5. The van der Waals surface area contributed by atoms with Gasteiger partial charge in [-0.1, -0.05) is 5.16 Å². The number of ether oxygens (including phenoxy) is 1. The summed E-state index contributed by atoms with van der Waals surface area (Å²) in [4.78, 5) is 28.3. The number of pyridine rings is 1. The first-order chi connectivity index (χ1) is 11.5. The molecule has 1 amide bonds. The van der Waals surface area contributed by atoms with Crippen LogP contribution in [0.25, 0.3) is 11.1 Å². The van der Waals surface area contributed by atoms with Gasteiger partial charge in [-0.05, 0) is 44.2 Å². The average Bonchev–Trinajstić information content (AvgIpc) is 2.95. The van der Waals surface area contributed by atoms with E-state index < -0.39 is 5.97 Å². The molecule has 0 aliphatic carbocycles. The summed E-state index contributed by atoms with van der Waals surface area (Å²) < 4.78 is 9.77. The summed E-state index contributed by atoms with van der Waals surface area (Å²) in [5.74, 6) is -0.734. The van der Waals surface area contributed by atoms with E-state index in [0.29, 0.717) is 39.3 Å². The van der Waals surface area contributed by atoms with E-state index in [-0.39, 0.29) is 5.91 Å². The number of amides is 1. The predicted molar refractivity (Wildman–Crippen MR) is 87.0 cm³/mol. The van der Waals surface area contributed by atoms with Gasteiger partial charge in [0.15, 0.2) is 0 Å². The van der Waals surface area contributed by atoms with Crippen molar-refractivity contribution in [3.8, 4) is 0 Å². The molecule has 0 saturated heterocycles. The Hall–Kier alpha value is -3.22. The Kier molecular flexibility index (Phi) is 3.99. The van der Waals surface area contributed by atoms with Gasteiger partial charge in [0.1, 0.15) is 0 Å². The van der Waals surface area contributed by atoms with E-state index in [1.54, 1.807) is 44.2 Å². The van der Waals surface area contributed by atoms with Crippen molar-refractivity contribution < 1.29 is 18.8 Å². The van der Waals surface area contributed by atoms with Crippen molar-refractivity contribution in [2.45, 2.75) is 13.8 Å². The molecule has 3 aromatic rings. The van der Waals surface area contributed by atoms with Crippen molar-refractivity contribution in [3.63, 3.8) is 0 Å². The molecule has 0 bridgehead atoms. The van der Waals surface area contributed by atoms with Gasteiger partial charge in [0, 0.05) is 11.4 Å². The van der Waals surface area contributed by atoms with E-state index in [9.17, 15) is 9.59 Å². The fourth-order valence-electron chi connectivity index (χ4n) is 2.40. The predicted octanol–water partition coefficient (Wildman–Crippen LogP) is 2.88. The molecule has 2 aromatic heterocycles. The third-order valence-electron chi connectivity index (χ3n) is 3.55. The van der Waals surface area contributed by atoms with Gasteiger partial charge in [-0.3, -0.25) is 4.79 Å². The van der Waals surface area contributed by atoms with Gasteiger partial charge in [-0.2, -0.15) is 0 Å². The van der Waals surface area contributed by atoms with E-state index in [1.165, 1.54) is 7.11 Å². The molecule has 0 aliphatic rings. The van der Waals surface area contributed by atoms with E-state index in [1.807, 2.05) is 0 Å². The molecule has 0 atom stereocenters. The molecule has 1 aromatic carbocycles. The van der Waals surface area contributed by atoms with Crippen molar-refractivity contribution in [1.82, 2.24) is 10.1 Å². The zero-order chi connectivity index (χ0) is 17.3. The van der Waals surface area contributed by atoms with Crippen LogP contribution in [0.5, 0.6) is 0 Å². The fourth-order valence-corrected chi connectivity index (χ4v) is 2.40. The van der Waals surface area contributed by atoms with Gasteiger partial charge in [0.2, 0.25) is 0 Å². The number of esters is 1. The lowest BCUT2D eigenvalue weighted by Gasteiger charge is -2.07. The molecule has 0 spiro atoms.